The van der Waals surface area contributed by atoms with Gasteiger partial charge in [-0.15, -0.1) is 5.10 Å². The second kappa shape index (κ2) is 8.34. The summed E-state index contributed by atoms with van der Waals surface area (Å²) >= 11 is 5.80. The maximum Gasteiger partial charge on any atom is 0.421 e. The van der Waals surface area contributed by atoms with Crippen LogP contribution in [0, 0.1) is 0 Å². The van der Waals surface area contributed by atoms with E-state index in [9.17, 15) is 36.2 Å². The average molecular weight is 471 g/mol. The predicted molar refractivity (Wildman–Crippen MR) is 94.1 cm³/mol. The topological polar surface area (TPSA) is 102 Å². The Balaban J connectivity index is 1.95. The summed E-state index contributed by atoms with van der Waals surface area (Å²) in [6.45, 7) is -1.25. The van der Waals surface area contributed by atoms with Crippen LogP contribution in [0.2, 0.25) is 5.02 Å². The number of halogens is 7. The third kappa shape index (κ3) is 5.44. The molecule has 0 bridgehead atoms. The fraction of sp³-hybridized carbons (Fsp3) is 0.375. The van der Waals surface area contributed by atoms with Gasteiger partial charge in [0.05, 0.1) is 6.42 Å². The van der Waals surface area contributed by atoms with Gasteiger partial charge in [0, 0.05) is 17.1 Å². The van der Waals surface area contributed by atoms with Crippen molar-refractivity contribution in [2.45, 2.75) is 38.0 Å². The van der Waals surface area contributed by atoms with Crippen LogP contribution < -0.4 is 5.69 Å². The number of hydrogen-bond donors (Lipinski definition) is 2. The molecule has 2 aromatic heterocycles. The zero-order chi connectivity index (χ0) is 23.0. The van der Waals surface area contributed by atoms with Crippen LogP contribution >= 0.6 is 11.6 Å². The van der Waals surface area contributed by atoms with Crippen molar-refractivity contribution in [3.05, 3.63) is 51.4 Å². The first-order valence-corrected chi connectivity index (χ1v) is 8.89. The van der Waals surface area contributed by atoms with Gasteiger partial charge in [-0.05, 0) is 24.3 Å². The van der Waals surface area contributed by atoms with Gasteiger partial charge in [0.15, 0.2) is 11.6 Å². The molecule has 3 aromatic rings. The number of aromatic amines is 1. The summed E-state index contributed by atoms with van der Waals surface area (Å²) < 4.78 is 77.3. The third-order valence-electron chi connectivity index (χ3n) is 4.05. The van der Waals surface area contributed by atoms with E-state index in [-0.39, 0.29) is 11.6 Å². The van der Waals surface area contributed by atoms with Crippen molar-refractivity contribution >= 4 is 11.6 Å². The molecule has 8 nitrogen and oxygen atoms in total. The first-order valence-electron chi connectivity index (χ1n) is 8.51. The number of alkyl halides is 6. The number of aliphatic hydroxyl groups excluding tert-OH is 1. The van der Waals surface area contributed by atoms with Crippen LogP contribution in [-0.2, 0) is 13.1 Å². The number of aromatic nitrogens is 6. The Kier molecular flexibility index (Phi) is 6.14. The lowest BCUT2D eigenvalue weighted by Gasteiger charge is -2.09. The molecule has 1 unspecified atom stereocenters. The van der Waals surface area contributed by atoms with Crippen molar-refractivity contribution in [3.63, 3.8) is 0 Å². The SMILES string of the molecule is O=c1n(Cc2nc(C(O)C(F)(F)F)n[nH]2)nc(-c2ccc(Cl)cc2)n1CCC(F)(F)F. The number of rotatable bonds is 6. The molecule has 2 N–H and O–H groups in total. The van der Waals surface area contributed by atoms with Gasteiger partial charge >= 0.3 is 18.0 Å². The van der Waals surface area contributed by atoms with Gasteiger partial charge in [0.25, 0.3) is 0 Å². The van der Waals surface area contributed by atoms with E-state index in [0.717, 1.165) is 9.25 Å². The van der Waals surface area contributed by atoms with Crippen LogP contribution in [0.25, 0.3) is 11.4 Å². The van der Waals surface area contributed by atoms with E-state index >= 15 is 0 Å². The minimum absolute atomic E-state index is 0.0963. The molecule has 1 aromatic carbocycles. The standard InChI is InChI=1S/C16H13ClF6N6O2/c17-9-3-1-8(2-4-9)13-27-29(14(31)28(13)6-5-15(18,19)20)7-10-24-12(26-25-10)11(30)16(21,22)23/h1-4,11,30H,5-7H2,(H,24,25,26). The second-order valence-corrected chi connectivity index (χ2v) is 6.81. The second-order valence-electron chi connectivity index (χ2n) is 6.37. The highest BCUT2D eigenvalue weighted by atomic mass is 35.5. The van der Waals surface area contributed by atoms with Gasteiger partial charge in [-0.1, -0.05) is 11.6 Å². The minimum atomic E-state index is -5.00. The highest BCUT2D eigenvalue weighted by Crippen LogP contribution is 2.30. The maximum absolute atomic E-state index is 12.7. The summed E-state index contributed by atoms with van der Waals surface area (Å²) in [6.07, 6.45) is -13.8. The molecular weight excluding hydrogens is 458 g/mol. The van der Waals surface area contributed by atoms with Crippen molar-refractivity contribution in [1.29, 1.82) is 0 Å². The van der Waals surface area contributed by atoms with E-state index in [4.69, 9.17) is 11.6 Å². The lowest BCUT2D eigenvalue weighted by Crippen LogP contribution is -2.27. The zero-order valence-electron chi connectivity index (χ0n) is 15.2. The Bertz CT molecular complexity index is 1100. The van der Waals surface area contributed by atoms with Crippen LogP contribution in [0.4, 0.5) is 26.3 Å². The summed E-state index contributed by atoms with van der Waals surface area (Å²) in [4.78, 5) is 16.1. The Morgan fingerprint density at radius 3 is 2.35 bits per heavy atom. The Labute approximate surface area is 174 Å². The van der Waals surface area contributed by atoms with E-state index in [1.165, 1.54) is 24.3 Å². The Morgan fingerprint density at radius 1 is 1.13 bits per heavy atom. The predicted octanol–water partition coefficient (Wildman–Crippen LogP) is 3.08. The molecule has 0 fully saturated rings. The van der Waals surface area contributed by atoms with Gasteiger partial charge < -0.3 is 5.11 Å². The molecule has 0 saturated heterocycles. The first-order chi connectivity index (χ1) is 14.3. The molecule has 0 spiro atoms. The minimum Gasteiger partial charge on any atom is -0.377 e. The van der Waals surface area contributed by atoms with Gasteiger partial charge in [0.1, 0.15) is 12.4 Å². The number of aliphatic hydroxyl groups is 1. The fourth-order valence-corrected chi connectivity index (χ4v) is 2.71. The fourth-order valence-electron chi connectivity index (χ4n) is 2.59. The van der Waals surface area contributed by atoms with Crippen LogP contribution in [0.5, 0.6) is 0 Å². The largest absolute Gasteiger partial charge is 0.421 e. The van der Waals surface area contributed by atoms with Crippen LogP contribution in [0.1, 0.15) is 24.2 Å². The van der Waals surface area contributed by atoms with Gasteiger partial charge in [-0.2, -0.15) is 31.4 Å². The molecule has 31 heavy (non-hydrogen) atoms. The van der Waals surface area contributed by atoms with Crippen molar-refractivity contribution in [3.8, 4) is 11.4 Å². The highest BCUT2D eigenvalue weighted by Gasteiger charge is 2.42. The lowest BCUT2D eigenvalue weighted by molar-refractivity contribution is -0.209. The average Bonchev–Trinajstić information content (AvgIpc) is 3.24. The number of nitrogens with one attached hydrogen (secondary N) is 1. The highest BCUT2D eigenvalue weighted by molar-refractivity contribution is 6.30. The summed E-state index contributed by atoms with van der Waals surface area (Å²) in [5.74, 6) is -1.32. The molecule has 0 aliphatic carbocycles. The molecule has 0 amide bonds. The molecule has 15 heteroatoms. The molecule has 2 heterocycles. The third-order valence-corrected chi connectivity index (χ3v) is 4.30. The summed E-state index contributed by atoms with van der Waals surface area (Å²) in [6, 6.07) is 5.81. The maximum atomic E-state index is 12.7. The molecule has 0 aliphatic rings. The lowest BCUT2D eigenvalue weighted by atomic mass is 10.2. The molecular formula is C16H13ClF6N6O2. The summed E-state index contributed by atoms with van der Waals surface area (Å²) in [5, 5.41) is 18.9. The number of hydrogen-bond acceptors (Lipinski definition) is 5. The van der Waals surface area contributed by atoms with Crippen LogP contribution in [0.3, 0.4) is 0 Å². The van der Waals surface area contributed by atoms with E-state index in [2.05, 4.69) is 20.3 Å². The smallest absolute Gasteiger partial charge is 0.377 e. The van der Waals surface area contributed by atoms with Crippen LogP contribution in [0.15, 0.2) is 29.1 Å². The number of benzene rings is 1. The quantitative estimate of drug-likeness (QED) is 0.539. The molecule has 3 rings (SSSR count). The van der Waals surface area contributed by atoms with Gasteiger partial charge in [-0.25, -0.2) is 14.5 Å². The Hall–Kier alpha value is -2.87. The molecule has 168 valence electrons. The molecule has 0 saturated carbocycles. The van der Waals surface area contributed by atoms with E-state index < -0.39 is 49.5 Å². The van der Waals surface area contributed by atoms with Gasteiger partial charge in [-0.3, -0.25) is 9.67 Å². The molecule has 0 aliphatic heterocycles. The van der Waals surface area contributed by atoms with Crippen molar-refractivity contribution in [1.82, 2.24) is 29.5 Å². The number of H-pyrrole nitrogens is 1. The summed E-state index contributed by atoms with van der Waals surface area (Å²) in [5.41, 5.74) is -0.642. The van der Waals surface area contributed by atoms with E-state index in [0.29, 0.717) is 10.6 Å². The van der Waals surface area contributed by atoms with Crippen molar-refractivity contribution in [2.24, 2.45) is 0 Å². The van der Waals surface area contributed by atoms with Crippen molar-refractivity contribution in [2.75, 3.05) is 0 Å². The van der Waals surface area contributed by atoms with Crippen molar-refractivity contribution < 1.29 is 31.4 Å². The summed E-state index contributed by atoms with van der Waals surface area (Å²) in [7, 11) is 0. The number of nitrogens with zero attached hydrogens (tertiary/aromatic N) is 5. The Morgan fingerprint density at radius 2 is 1.77 bits per heavy atom. The van der Waals surface area contributed by atoms with Gasteiger partial charge in [0.2, 0.25) is 6.10 Å². The zero-order valence-corrected chi connectivity index (χ0v) is 16.0. The first kappa shape index (κ1) is 22.8. The molecule has 0 radical (unpaired) electrons. The monoisotopic (exact) mass is 470 g/mol. The van der Waals surface area contributed by atoms with E-state index in [1.807, 2.05) is 0 Å². The van der Waals surface area contributed by atoms with Crippen LogP contribution in [-0.4, -0.2) is 47.0 Å². The normalized spacial score (nSPS) is 13.5. The van der Waals surface area contributed by atoms with E-state index in [1.54, 1.807) is 0 Å². The molecule has 1 atom stereocenters.